The Hall–Kier alpha value is -0.260. The van der Waals surface area contributed by atoms with Gasteiger partial charge in [-0.3, -0.25) is 0 Å². The second kappa shape index (κ2) is 2.28. The van der Waals surface area contributed by atoms with E-state index in [2.05, 4.69) is 27.7 Å². The monoisotopic (exact) mass is 190 g/mol. The lowest BCUT2D eigenvalue weighted by Crippen LogP contribution is -2.33. The maximum Gasteiger partial charge on any atom is -0.0140 e. The number of fused-ring (bicyclic) bond motifs is 1. The van der Waals surface area contributed by atoms with E-state index in [0.29, 0.717) is 5.41 Å². The Bertz CT molecular complexity index is 313. The fourth-order valence-electron chi connectivity index (χ4n) is 4.06. The predicted octanol–water partition coefficient (Wildman–Crippen LogP) is 4.17. The molecule has 3 aliphatic carbocycles. The summed E-state index contributed by atoms with van der Waals surface area (Å²) in [5.41, 5.74) is 5.01. The van der Waals surface area contributed by atoms with E-state index in [0.717, 1.165) is 17.3 Å². The van der Waals surface area contributed by atoms with Gasteiger partial charge in [-0.1, -0.05) is 31.9 Å². The van der Waals surface area contributed by atoms with Crippen LogP contribution in [0.2, 0.25) is 0 Å². The average molecular weight is 190 g/mol. The zero-order valence-corrected chi connectivity index (χ0v) is 9.98. The first-order valence-corrected chi connectivity index (χ1v) is 6.11. The van der Waals surface area contributed by atoms with E-state index in [-0.39, 0.29) is 0 Å². The Morgan fingerprint density at radius 3 is 2.14 bits per heavy atom. The normalized spacial score (nSPS) is 45.0. The number of hydrogen-bond acceptors (Lipinski definition) is 0. The molecule has 0 aromatic rings. The van der Waals surface area contributed by atoms with Gasteiger partial charge in [-0.15, -0.1) is 0 Å². The van der Waals surface area contributed by atoms with E-state index in [9.17, 15) is 0 Å². The van der Waals surface area contributed by atoms with Crippen molar-refractivity contribution >= 4 is 0 Å². The van der Waals surface area contributed by atoms with Crippen molar-refractivity contribution in [3.8, 4) is 0 Å². The highest BCUT2D eigenvalue weighted by atomic mass is 14.6. The summed E-state index contributed by atoms with van der Waals surface area (Å²) in [7, 11) is 0. The standard InChI is InChI=1S/C14H22/c1-9-11(7-14(4)8-12(9)14)10-5-13(2,3)6-10/h10,12H,5-8H2,1-4H3/t12-,14-/m1/s1. The first-order chi connectivity index (χ1) is 6.41. The maximum absolute atomic E-state index is 2.48. The van der Waals surface area contributed by atoms with Gasteiger partial charge in [0.2, 0.25) is 0 Å². The van der Waals surface area contributed by atoms with Crippen molar-refractivity contribution in [1.29, 1.82) is 0 Å². The minimum Gasteiger partial charge on any atom is -0.0701 e. The molecule has 0 saturated heterocycles. The molecule has 0 aromatic carbocycles. The summed E-state index contributed by atoms with van der Waals surface area (Å²) in [6.07, 6.45) is 5.81. The second-order valence-electron chi connectivity index (χ2n) is 7.07. The first kappa shape index (κ1) is 9.00. The van der Waals surface area contributed by atoms with E-state index in [1.807, 2.05) is 5.57 Å². The quantitative estimate of drug-likeness (QED) is 0.544. The van der Waals surface area contributed by atoms with Crippen LogP contribution < -0.4 is 0 Å². The lowest BCUT2D eigenvalue weighted by Gasteiger charge is -2.44. The van der Waals surface area contributed by atoms with E-state index in [1.165, 1.54) is 25.7 Å². The van der Waals surface area contributed by atoms with E-state index in [4.69, 9.17) is 0 Å². The molecule has 0 heterocycles. The van der Waals surface area contributed by atoms with Crippen LogP contribution in [-0.4, -0.2) is 0 Å². The van der Waals surface area contributed by atoms with Gasteiger partial charge >= 0.3 is 0 Å². The van der Waals surface area contributed by atoms with Crippen LogP contribution in [0.15, 0.2) is 11.1 Å². The van der Waals surface area contributed by atoms with Gasteiger partial charge in [0.15, 0.2) is 0 Å². The van der Waals surface area contributed by atoms with Crippen LogP contribution >= 0.6 is 0 Å². The van der Waals surface area contributed by atoms with Crippen LogP contribution in [0.25, 0.3) is 0 Å². The van der Waals surface area contributed by atoms with Crippen LogP contribution in [0.3, 0.4) is 0 Å². The molecular weight excluding hydrogens is 168 g/mol. The van der Waals surface area contributed by atoms with E-state index in [1.54, 1.807) is 5.57 Å². The van der Waals surface area contributed by atoms with E-state index >= 15 is 0 Å². The molecule has 0 aromatic heterocycles. The largest absolute Gasteiger partial charge is 0.0701 e. The maximum atomic E-state index is 2.48. The second-order valence-corrected chi connectivity index (χ2v) is 7.07. The molecule has 2 atom stereocenters. The SMILES string of the molecule is CC1=C(C2CC(C)(C)C2)C[C@]2(C)C[C@H]12. The molecule has 3 aliphatic rings. The van der Waals surface area contributed by atoms with Gasteiger partial charge < -0.3 is 0 Å². The molecule has 0 spiro atoms. The number of hydrogen-bond donors (Lipinski definition) is 0. The molecule has 0 aliphatic heterocycles. The van der Waals surface area contributed by atoms with Gasteiger partial charge in [-0.2, -0.15) is 0 Å². The third-order valence-electron chi connectivity index (χ3n) is 5.07. The van der Waals surface area contributed by atoms with Crippen LogP contribution in [-0.2, 0) is 0 Å². The fourth-order valence-corrected chi connectivity index (χ4v) is 4.06. The molecule has 0 N–H and O–H groups in total. The van der Waals surface area contributed by atoms with E-state index < -0.39 is 0 Å². The highest BCUT2D eigenvalue weighted by Crippen LogP contribution is 2.68. The number of rotatable bonds is 1. The molecule has 2 saturated carbocycles. The molecule has 0 radical (unpaired) electrons. The molecule has 0 unspecified atom stereocenters. The topological polar surface area (TPSA) is 0 Å². The molecule has 0 bridgehead atoms. The Balaban J connectivity index is 1.76. The van der Waals surface area contributed by atoms with Gasteiger partial charge in [-0.05, 0) is 55.3 Å². The summed E-state index contributed by atoms with van der Waals surface area (Å²) in [6.45, 7) is 9.72. The first-order valence-electron chi connectivity index (χ1n) is 6.11. The van der Waals surface area contributed by atoms with Crippen molar-refractivity contribution < 1.29 is 0 Å². The smallest absolute Gasteiger partial charge is 0.0140 e. The Kier molecular flexibility index (Phi) is 1.47. The van der Waals surface area contributed by atoms with Gasteiger partial charge in [0.1, 0.15) is 0 Å². The molecule has 14 heavy (non-hydrogen) atoms. The average Bonchev–Trinajstić information content (AvgIpc) is 2.62. The third kappa shape index (κ3) is 1.06. The van der Waals surface area contributed by atoms with Crippen molar-refractivity contribution in [2.75, 3.05) is 0 Å². The summed E-state index contributed by atoms with van der Waals surface area (Å²) in [4.78, 5) is 0. The Morgan fingerprint density at radius 1 is 1.07 bits per heavy atom. The van der Waals surface area contributed by atoms with Crippen LogP contribution in [0.1, 0.15) is 53.4 Å². The van der Waals surface area contributed by atoms with Crippen molar-refractivity contribution in [3.63, 3.8) is 0 Å². The highest BCUT2D eigenvalue weighted by molar-refractivity contribution is 5.36. The summed E-state index contributed by atoms with van der Waals surface area (Å²) in [5.74, 6) is 1.95. The summed E-state index contributed by atoms with van der Waals surface area (Å²) in [5, 5.41) is 0. The van der Waals surface area contributed by atoms with Gasteiger partial charge in [0, 0.05) is 0 Å². The molecule has 0 heteroatoms. The summed E-state index contributed by atoms with van der Waals surface area (Å²) >= 11 is 0. The van der Waals surface area contributed by atoms with Gasteiger partial charge in [-0.25, -0.2) is 0 Å². The molecular formula is C14H22. The minimum atomic E-state index is 0.644. The van der Waals surface area contributed by atoms with Crippen molar-refractivity contribution in [2.24, 2.45) is 22.7 Å². The predicted molar refractivity (Wildman–Crippen MR) is 60.0 cm³/mol. The van der Waals surface area contributed by atoms with Crippen LogP contribution in [0, 0.1) is 22.7 Å². The molecule has 2 fully saturated rings. The highest BCUT2D eigenvalue weighted by Gasteiger charge is 2.57. The van der Waals surface area contributed by atoms with Crippen molar-refractivity contribution in [2.45, 2.75) is 53.4 Å². The van der Waals surface area contributed by atoms with Crippen LogP contribution in [0.4, 0.5) is 0 Å². The number of allylic oxidation sites excluding steroid dienone is 2. The molecule has 0 amide bonds. The minimum absolute atomic E-state index is 0.644. The molecule has 0 nitrogen and oxygen atoms in total. The zero-order chi connectivity index (χ0) is 10.1. The Morgan fingerprint density at radius 2 is 1.71 bits per heavy atom. The summed E-state index contributed by atoms with van der Waals surface area (Å²) < 4.78 is 0. The Labute approximate surface area is 87.8 Å². The van der Waals surface area contributed by atoms with Crippen molar-refractivity contribution in [1.82, 2.24) is 0 Å². The zero-order valence-electron chi connectivity index (χ0n) is 9.98. The summed E-state index contributed by atoms with van der Waals surface area (Å²) in [6, 6.07) is 0. The van der Waals surface area contributed by atoms with Crippen LogP contribution in [0.5, 0.6) is 0 Å². The lowest BCUT2D eigenvalue weighted by atomic mass is 9.61. The van der Waals surface area contributed by atoms with Gasteiger partial charge in [0.25, 0.3) is 0 Å². The van der Waals surface area contributed by atoms with Gasteiger partial charge in [0.05, 0.1) is 0 Å². The lowest BCUT2D eigenvalue weighted by molar-refractivity contribution is 0.119. The molecule has 78 valence electrons. The van der Waals surface area contributed by atoms with Crippen molar-refractivity contribution in [3.05, 3.63) is 11.1 Å². The molecule has 3 rings (SSSR count). The third-order valence-corrected chi connectivity index (χ3v) is 5.07. The fraction of sp³-hybridized carbons (Fsp3) is 0.857.